The van der Waals surface area contributed by atoms with Crippen LogP contribution in [0.1, 0.15) is 27.0 Å². The van der Waals surface area contributed by atoms with E-state index in [-0.39, 0.29) is 28.6 Å². The first-order chi connectivity index (χ1) is 15.2. The minimum absolute atomic E-state index is 0.0298. The largest absolute Gasteiger partial charge is 0.492 e. The third kappa shape index (κ3) is 6.02. The van der Waals surface area contributed by atoms with Crippen molar-refractivity contribution in [1.82, 2.24) is 5.32 Å². The Bertz CT molecular complexity index is 1240. The molecule has 3 aromatic carbocycles. The van der Waals surface area contributed by atoms with Crippen LogP contribution in [0.15, 0.2) is 65.6 Å². The van der Waals surface area contributed by atoms with Gasteiger partial charge in [-0.25, -0.2) is 8.42 Å². The van der Waals surface area contributed by atoms with Crippen LogP contribution in [0.25, 0.3) is 0 Å². The molecular weight excluding hydrogens is 448 g/mol. The Balaban J connectivity index is 1.68. The first-order valence-corrected chi connectivity index (χ1v) is 11.9. The second kappa shape index (κ2) is 10.1. The third-order valence-electron chi connectivity index (χ3n) is 4.77. The average molecular weight is 473 g/mol. The lowest BCUT2D eigenvalue weighted by atomic mass is 10.1. The Morgan fingerprint density at radius 1 is 0.969 bits per heavy atom. The first kappa shape index (κ1) is 23.6. The highest BCUT2D eigenvalue weighted by Crippen LogP contribution is 2.27. The SMILES string of the molecule is Cc1cccc(OCCNC(=O)c2ccc(Cl)c(S(=O)(=O)Nc3cc(C)ccc3C)c2)c1. The summed E-state index contributed by atoms with van der Waals surface area (Å²) in [5.41, 5.74) is 3.42. The number of amides is 1. The van der Waals surface area contributed by atoms with E-state index < -0.39 is 15.9 Å². The van der Waals surface area contributed by atoms with Crippen molar-refractivity contribution in [2.45, 2.75) is 25.7 Å². The monoisotopic (exact) mass is 472 g/mol. The number of carbonyl (C=O) groups excluding carboxylic acids is 1. The Morgan fingerprint density at radius 3 is 2.47 bits per heavy atom. The lowest BCUT2D eigenvalue weighted by molar-refractivity contribution is 0.0946. The molecule has 8 heteroatoms. The number of halogens is 1. The normalized spacial score (nSPS) is 11.1. The number of ether oxygens (including phenoxy) is 1. The van der Waals surface area contributed by atoms with Crippen LogP contribution in [-0.2, 0) is 10.0 Å². The molecule has 0 aromatic heterocycles. The first-order valence-electron chi connectivity index (χ1n) is 10.0. The zero-order valence-corrected chi connectivity index (χ0v) is 19.7. The Morgan fingerprint density at radius 2 is 1.72 bits per heavy atom. The Labute approximate surface area is 193 Å². The predicted molar refractivity (Wildman–Crippen MR) is 127 cm³/mol. The zero-order valence-electron chi connectivity index (χ0n) is 18.1. The van der Waals surface area contributed by atoms with Crippen molar-refractivity contribution in [1.29, 1.82) is 0 Å². The molecule has 0 fully saturated rings. The highest BCUT2D eigenvalue weighted by Gasteiger charge is 2.21. The second-order valence-corrected chi connectivity index (χ2v) is 9.55. The van der Waals surface area contributed by atoms with Gasteiger partial charge in [-0.3, -0.25) is 9.52 Å². The number of sulfonamides is 1. The molecule has 0 radical (unpaired) electrons. The lowest BCUT2D eigenvalue weighted by Gasteiger charge is -2.13. The molecule has 168 valence electrons. The molecule has 0 heterocycles. The second-order valence-electron chi connectivity index (χ2n) is 7.49. The van der Waals surface area contributed by atoms with E-state index in [1.54, 1.807) is 6.07 Å². The standard InChI is InChI=1S/C24H25ClN2O4S/c1-16-5-4-6-20(13-16)31-12-11-26-24(28)19-9-10-21(25)23(15-19)32(29,30)27-22-14-17(2)7-8-18(22)3/h4-10,13-15,27H,11-12H2,1-3H3,(H,26,28). The van der Waals surface area contributed by atoms with Gasteiger partial charge >= 0.3 is 0 Å². The van der Waals surface area contributed by atoms with Gasteiger partial charge in [-0.05, 0) is 73.9 Å². The minimum atomic E-state index is -3.99. The zero-order chi connectivity index (χ0) is 23.3. The van der Waals surface area contributed by atoms with Crippen molar-refractivity contribution in [3.05, 3.63) is 87.9 Å². The maximum absolute atomic E-state index is 13.0. The molecule has 0 aliphatic heterocycles. The molecular formula is C24H25ClN2O4S. The van der Waals surface area contributed by atoms with Gasteiger partial charge < -0.3 is 10.1 Å². The molecule has 1 amide bonds. The molecule has 0 saturated heterocycles. The van der Waals surface area contributed by atoms with E-state index in [0.29, 0.717) is 5.69 Å². The molecule has 0 aliphatic rings. The smallest absolute Gasteiger partial charge is 0.263 e. The van der Waals surface area contributed by atoms with Gasteiger partial charge in [-0.15, -0.1) is 0 Å². The van der Waals surface area contributed by atoms with Crippen LogP contribution in [0.3, 0.4) is 0 Å². The van der Waals surface area contributed by atoms with Gasteiger partial charge in [0.2, 0.25) is 0 Å². The maximum Gasteiger partial charge on any atom is 0.263 e. The molecule has 32 heavy (non-hydrogen) atoms. The molecule has 0 saturated carbocycles. The number of hydrogen-bond acceptors (Lipinski definition) is 4. The van der Waals surface area contributed by atoms with Gasteiger partial charge in [0.25, 0.3) is 15.9 Å². The fourth-order valence-electron chi connectivity index (χ4n) is 3.04. The minimum Gasteiger partial charge on any atom is -0.492 e. The van der Waals surface area contributed by atoms with Crippen molar-refractivity contribution in [3.8, 4) is 5.75 Å². The van der Waals surface area contributed by atoms with Crippen LogP contribution < -0.4 is 14.8 Å². The van der Waals surface area contributed by atoms with Crippen LogP contribution in [0.5, 0.6) is 5.75 Å². The van der Waals surface area contributed by atoms with Crippen LogP contribution in [0.2, 0.25) is 5.02 Å². The molecule has 2 N–H and O–H groups in total. The molecule has 0 spiro atoms. The number of rotatable bonds is 8. The summed E-state index contributed by atoms with van der Waals surface area (Å²) in [5, 5.41) is 2.76. The van der Waals surface area contributed by atoms with Gasteiger partial charge in [-0.1, -0.05) is 35.9 Å². The van der Waals surface area contributed by atoms with E-state index in [0.717, 1.165) is 22.4 Å². The van der Waals surface area contributed by atoms with Crippen LogP contribution in [0.4, 0.5) is 5.69 Å². The van der Waals surface area contributed by atoms with Crippen molar-refractivity contribution in [3.63, 3.8) is 0 Å². The molecule has 0 bridgehead atoms. The Kier molecular flexibility index (Phi) is 7.43. The summed E-state index contributed by atoms with van der Waals surface area (Å²) in [6.07, 6.45) is 0. The van der Waals surface area contributed by atoms with E-state index in [1.807, 2.05) is 57.2 Å². The average Bonchev–Trinajstić information content (AvgIpc) is 2.74. The summed E-state index contributed by atoms with van der Waals surface area (Å²) < 4.78 is 34.1. The van der Waals surface area contributed by atoms with E-state index in [2.05, 4.69) is 10.0 Å². The molecule has 6 nitrogen and oxygen atoms in total. The highest BCUT2D eigenvalue weighted by molar-refractivity contribution is 7.92. The highest BCUT2D eigenvalue weighted by atomic mass is 35.5. The van der Waals surface area contributed by atoms with Gasteiger partial charge in [0.1, 0.15) is 17.3 Å². The Hall–Kier alpha value is -3.03. The fraction of sp³-hybridized carbons (Fsp3) is 0.208. The van der Waals surface area contributed by atoms with Gasteiger partial charge in [-0.2, -0.15) is 0 Å². The third-order valence-corrected chi connectivity index (χ3v) is 6.61. The number of benzene rings is 3. The number of hydrogen-bond donors (Lipinski definition) is 2. The quantitative estimate of drug-likeness (QED) is 0.458. The van der Waals surface area contributed by atoms with E-state index in [1.165, 1.54) is 18.2 Å². The molecule has 0 atom stereocenters. The predicted octanol–water partition coefficient (Wildman–Crippen LogP) is 4.87. The lowest BCUT2D eigenvalue weighted by Crippen LogP contribution is -2.28. The summed E-state index contributed by atoms with van der Waals surface area (Å²) in [5.74, 6) is 0.300. The van der Waals surface area contributed by atoms with Crippen molar-refractivity contribution < 1.29 is 17.9 Å². The summed E-state index contributed by atoms with van der Waals surface area (Å²) >= 11 is 6.16. The molecule has 3 aromatic rings. The number of anilines is 1. The van der Waals surface area contributed by atoms with Crippen molar-refractivity contribution in [2.75, 3.05) is 17.9 Å². The molecule has 0 aliphatic carbocycles. The van der Waals surface area contributed by atoms with Gasteiger partial charge in [0, 0.05) is 5.56 Å². The van der Waals surface area contributed by atoms with E-state index >= 15 is 0 Å². The maximum atomic E-state index is 13.0. The number of aryl methyl sites for hydroxylation is 3. The summed E-state index contributed by atoms with van der Waals surface area (Å²) in [6.45, 7) is 6.19. The van der Waals surface area contributed by atoms with Crippen molar-refractivity contribution >= 4 is 33.2 Å². The van der Waals surface area contributed by atoms with Crippen LogP contribution in [-0.4, -0.2) is 27.5 Å². The number of carbonyl (C=O) groups is 1. The van der Waals surface area contributed by atoms with Gasteiger partial charge in [0.05, 0.1) is 17.3 Å². The summed E-state index contributed by atoms with van der Waals surface area (Å²) in [7, 11) is -3.99. The van der Waals surface area contributed by atoms with Gasteiger partial charge in [0.15, 0.2) is 0 Å². The van der Waals surface area contributed by atoms with Crippen LogP contribution in [0, 0.1) is 20.8 Å². The fourth-order valence-corrected chi connectivity index (χ4v) is 4.69. The topological polar surface area (TPSA) is 84.5 Å². The summed E-state index contributed by atoms with van der Waals surface area (Å²) in [4.78, 5) is 12.4. The summed E-state index contributed by atoms with van der Waals surface area (Å²) in [6, 6.07) is 17.2. The van der Waals surface area contributed by atoms with E-state index in [4.69, 9.17) is 16.3 Å². The van der Waals surface area contributed by atoms with Crippen molar-refractivity contribution in [2.24, 2.45) is 0 Å². The van der Waals surface area contributed by atoms with Crippen LogP contribution >= 0.6 is 11.6 Å². The van der Waals surface area contributed by atoms with E-state index in [9.17, 15) is 13.2 Å². The molecule has 3 rings (SSSR count). The molecule has 0 unspecified atom stereocenters. The number of nitrogens with one attached hydrogen (secondary N) is 2.